The van der Waals surface area contributed by atoms with E-state index in [1.165, 1.54) is 6.33 Å². The highest BCUT2D eigenvalue weighted by atomic mass is 16.5. The van der Waals surface area contributed by atoms with Gasteiger partial charge in [-0.15, -0.1) is 0 Å². The highest BCUT2D eigenvalue weighted by Gasteiger charge is 2.07. The predicted molar refractivity (Wildman–Crippen MR) is 86.5 cm³/mol. The van der Waals surface area contributed by atoms with Crippen LogP contribution in [-0.2, 0) is 6.54 Å². The van der Waals surface area contributed by atoms with Crippen LogP contribution in [0.5, 0.6) is 5.75 Å². The van der Waals surface area contributed by atoms with Gasteiger partial charge in [0.25, 0.3) is 5.91 Å². The quantitative estimate of drug-likeness (QED) is 0.786. The lowest BCUT2D eigenvalue weighted by atomic mass is 10.1. The average molecular weight is 308 g/mol. The van der Waals surface area contributed by atoms with Crippen LogP contribution in [0.25, 0.3) is 0 Å². The molecular weight excluding hydrogens is 292 g/mol. The van der Waals surface area contributed by atoms with E-state index in [4.69, 9.17) is 4.74 Å². The molecule has 0 spiro atoms. The number of nitrogens with one attached hydrogen (secondary N) is 1. The summed E-state index contributed by atoms with van der Waals surface area (Å²) in [5.41, 5.74) is 2.30. The van der Waals surface area contributed by atoms with Gasteiger partial charge in [0.15, 0.2) is 0 Å². The van der Waals surface area contributed by atoms with Crippen molar-refractivity contribution in [1.29, 1.82) is 0 Å². The Labute approximate surface area is 133 Å². The molecule has 6 heteroatoms. The fourth-order valence-electron chi connectivity index (χ4n) is 2.19. The minimum absolute atomic E-state index is 0.157. The van der Waals surface area contributed by atoms with Crippen LogP contribution in [0.3, 0.4) is 0 Å². The van der Waals surface area contributed by atoms with Crippen LogP contribution in [0.15, 0.2) is 61.2 Å². The topological polar surface area (TPSA) is 69.0 Å². The third-order valence-corrected chi connectivity index (χ3v) is 3.35. The van der Waals surface area contributed by atoms with Gasteiger partial charge < -0.3 is 10.1 Å². The molecule has 0 saturated carbocycles. The largest absolute Gasteiger partial charge is 0.497 e. The Hall–Kier alpha value is -3.15. The first-order valence-electron chi connectivity index (χ1n) is 7.11. The van der Waals surface area contributed by atoms with Gasteiger partial charge in [-0.05, 0) is 42.0 Å². The van der Waals surface area contributed by atoms with Gasteiger partial charge in [0, 0.05) is 11.3 Å². The number of amides is 1. The number of ether oxygens (including phenoxy) is 1. The number of carbonyl (C=O) groups is 1. The number of benzene rings is 2. The molecule has 1 heterocycles. The number of hydrogen-bond acceptors (Lipinski definition) is 4. The molecule has 0 aliphatic carbocycles. The Morgan fingerprint density at radius 1 is 1.22 bits per heavy atom. The summed E-state index contributed by atoms with van der Waals surface area (Å²) in [6.07, 6.45) is 3.13. The average Bonchev–Trinajstić information content (AvgIpc) is 3.09. The molecule has 3 aromatic rings. The van der Waals surface area contributed by atoms with Crippen LogP contribution in [0.2, 0.25) is 0 Å². The van der Waals surface area contributed by atoms with E-state index in [9.17, 15) is 4.79 Å². The van der Waals surface area contributed by atoms with E-state index in [1.54, 1.807) is 48.5 Å². The summed E-state index contributed by atoms with van der Waals surface area (Å²) in [5, 5.41) is 6.93. The molecule has 1 amide bonds. The number of aromatic nitrogens is 3. The molecule has 2 aromatic carbocycles. The maximum absolute atomic E-state index is 12.3. The van der Waals surface area contributed by atoms with Crippen molar-refractivity contribution in [2.24, 2.45) is 0 Å². The molecular formula is C17H16N4O2. The Bertz CT molecular complexity index is 783. The minimum Gasteiger partial charge on any atom is -0.497 e. The summed E-state index contributed by atoms with van der Waals surface area (Å²) >= 11 is 0. The normalized spacial score (nSPS) is 10.3. The molecule has 6 nitrogen and oxygen atoms in total. The standard InChI is InChI=1S/C17H16N4O2/c1-23-16-7-5-15(6-8-16)20-17(22)14-4-2-3-13(9-14)10-21-12-18-11-19-21/h2-9,11-12H,10H2,1H3,(H,20,22). The second-order valence-electron chi connectivity index (χ2n) is 4.98. The number of hydrogen-bond donors (Lipinski definition) is 1. The number of nitrogens with zero attached hydrogens (tertiary/aromatic N) is 3. The zero-order valence-electron chi connectivity index (χ0n) is 12.6. The van der Waals surface area contributed by atoms with Crippen molar-refractivity contribution >= 4 is 11.6 Å². The van der Waals surface area contributed by atoms with Crippen molar-refractivity contribution in [2.75, 3.05) is 12.4 Å². The predicted octanol–water partition coefficient (Wildman–Crippen LogP) is 2.59. The second kappa shape index (κ2) is 6.74. The smallest absolute Gasteiger partial charge is 0.255 e. The third kappa shape index (κ3) is 3.74. The van der Waals surface area contributed by atoms with E-state index >= 15 is 0 Å². The van der Waals surface area contributed by atoms with Crippen molar-refractivity contribution in [3.8, 4) is 5.75 Å². The summed E-state index contributed by atoms with van der Waals surface area (Å²) in [6, 6.07) is 14.6. The Morgan fingerprint density at radius 2 is 2.04 bits per heavy atom. The van der Waals surface area contributed by atoms with Crippen LogP contribution in [0, 0.1) is 0 Å². The first-order valence-corrected chi connectivity index (χ1v) is 7.11. The fraction of sp³-hybridized carbons (Fsp3) is 0.118. The molecule has 0 fully saturated rings. The zero-order valence-corrected chi connectivity index (χ0v) is 12.6. The molecule has 1 N–H and O–H groups in total. The van der Waals surface area contributed by atoms with E-state index in [-0.39, 0.29) is 5.91 Å². The molecule has 0 aliphatic rings. The Morgan fingerprint density at radius 3 is 2.74 bits per heavy atom. The Balaban J connectivity index is 1.71. The lowest BCUT2D eigenvalue weighted by Gasteiger charge is -2.08. The molecule has 0 radical (unpaired) electrons. The summed E-state index contributed by atoms with van der Waals surface area (Å²) in [5.74, 6) is 0.591. The summed E-state index contributed by atoms with van der Waals surface area (Å²) in [6.45, 7) is 0.573. The first-order chi connectivity index (χ1) is 11.2. The zero-order chi connectivity index (χ0) is 16.1. The van der Waals surface area contributed by atoms with Crippen molar-refractivity contribution in [1.82, 2.24) is 14.8 Å². The molecule has 23 heavy (non-hydrogen) atoms. The first kappa shape index (κ1) is 14.8. The van der Waals surface area contributed by atoms with Gasteiger partial charge in [-0.2, -0.15) is 5.10 Å². The van der Waals surface area contributed by atoms with Gasteiger partial charge in [-0.1, -0.05) is 12.1 Å². The summed E-state index contributed by atoms with van der Waals surface area (Å²) in [7, 11) is 1.61. The minimum atomic E-state index is -0.157. The maximum Gasteiger partial charge on any atom is 0.255 e. The van der Waals surface area contributed by atoms with Crippen LogP contribution in [0.1, 0.15) is 15.9 Å². The fourth-order valence-corrected chi connectivity index (χ4v) is 2.19. The van der Waals surface area contributed by atoms with Crippen molar-refractivity contribution in [3.63, 3.8) is 0 Å². The van der Waals surface area contributed by atoms with E-state index < -0.39 is 0 Å². The van der Waals surface area contributed by atoms with Gasteiger partial charge in [0.2, 0.25) is 0 Å². The van der Waals surface area contributed by atoms with E-state index in [0.717, 1.165) is 17.0 Å². The SMILES string of the molecule is COc1ccc(NC(=O)c2cccc(Cn3cncn3)c2)cc1. The second-order valence-corrected chi connectivity index (χ2v) is 4.98. The number of methoxy groups -OCH3 is 1. The molecule has 0 saturated heterocycles. The molecule has 0 bridgehead atoms. The van der Waals surface area contributed by atoms with E-state index in [1.807, 2.05) is 18.2 Å². The lowest BCUT2D eigenvalue weighted by Crippen LogP contribution is -2.12. The van der Waals surface area contributed by atoms with Crippen LogP contribution < -0.4 is 10.1 Å². The van der Waals surface area contributed by atoms with Crippen molar-refractivity contribution in [2.45, 2.75) is 6.54 Å². The van der Waals surface area contributed by atoms with Crippen molar-refractivity contribution in [3.05, 3.63) is 72.3 Å². The van der Waals surface area contributed by atoms with Crippen LogP contribution in [0.4, 0.5) is 5.69 Å². The van der Waals surface area contributed by atoms with Crippen LogP contribution in [-0.4, -0.2) is 27.8 Å². The molecule has 1 aromatic heterocycles. The third-order valence-electron chi connectivity index (χ3n) is 3.35. The monoisotopic (exact) mass is 308 g/mol. The van der Waals surface area contributed by atoms with Crippen LogP contribution >= 0.6 is 0 Å². The van der Waals surface area contributed by atoms with Gasteiger partial charge in [-0.3, -0.25) is 4.79 Å². The van der Waals surface area contributed by atoms with Crippen molar-refractivity contribution < 1.29 is 9.53 Å². The van der Waals surface area contributed by atoms with Gasteiger partial charge in [0.05, 0.1) is 13.7 Å². The molecule has 0 atom stereocenters. The van der Waals surface area contributed by atoms with E-state index in [2.05, 4.69) is 15.4 Å². The lowest BCUT2D eigenvalue weighted by molar-refractivity contribution is 0.102. The van der Waals surface area contributed by atoms with Gasteiger partial charge in [0.1, 0.15) is 18.4 Å². The molecule has 3 rings (SSSR count). The number of rotatable bonds is 5. The van der Waals surface area contributed by atoms with Gasteiger partial charge in [-0.25, -0.2) is 9.67 Å². The molecule has 0 unspecified atom stereocenters. The van der Waals surface area contributed by atoms with Gasteiger partial charge >= 0.3 is 0 Å². The molecule has 116 valence electrons. The molecule has 0 aliphatic heterocycles. The summed E-state index contributed by atoms with van der Waals surface area (Å²) in [4.78, 5) is 16.3. The summed E-state index contributed by atoms with van der Waals surface area (Å²) < 4.78 is 6.81. The van der Waals surface area contributed by atoms with E-state index in [0.29, 0.717) is 12.1 Å². The number of anilines is 1. The highest BCUT2D eigenvalue weighted by Crippen LogP contribution is 2.16. The maximum atomic E-state index is 12.3. The highest BCUT2D eigenvalue weighted by molar-refractivity contribution is 6.04. The Kier molecular flexibility index (Phi) is 4.33. The number of carbonyl (C=O) groups excluding carboxylic acids is 1.